The van der Waals surface area contributed by atoms with Gasteiger partial charge in [-0.2, -0.15) is 0 Å². The Bertz CT molecular complexity index is 357. The summed E-state index contributed by atoms with van der Waals surface area (Å²) in [6, 6.07) is 7.07. The first-order valence-electron chi connectivity index (χ1n) is 5.63. The van der Waals surface area contributed by atoms with Crippen LogP contribution in [0.5, 0.6) is 0 Å². The third-order valence-corrected chi connectivity index (χ3v) is 4.45. The zero-order chi connectivity index (χ0) is 11.4. The molecule has 1 aliphatic heterocycles. The van der Waals surface area contributed by atoms with Crippen molar-refractivity contribution in [3.63, 3.8) is 0 Å². The van der Waals surface area contributed by atoms with Crippen LogP contribution in [0.25, 0.3) is 0 Å². The molecule has 1 heterocycles. The van der Waals surface area contributed by atoms with E-state index in [1.54, 1.807) is 0 Å². The molecule has 16 heavy (non-hydrogen) atoms. The molecule has 1 atom stereocenters. The summed E-state index contributed by atoms with van der Waals surface area (Å²) in [5.41, 5.74) is 1.28. The number of hydrogen-bond donors (Lipinski definition) is 2. The second kappa shape index (κ2) is 5.94. The molecular weight excluding hydrogens is 284 g/mol. The van der Waals surface area contributed by atoms with Gasteiger partial charge < -0.3 is 10.6 Å². The number of anilines is 1. The van der Waals surface area contributed by atoms with Gasteiger partial charge in [-0.25, -0.2) is 0 Å². The fourth-order valence-electron chi connectivity index (χ4n) is 1.87. The minimum atomic E-state index is 0.611. The summed E-state index contributed by atoms with van der Waals surface area (Å²) >= 11 is 5.47. The third-order valence-electron chi connectivity index (χ3n) is 2.72. The van der Waals surface area contributed by atoms with E-state index in [2.05, 4.69) is 44.8 Å². The molecule has 88 valence electrons. The van der Waals surface area contributed by atoms with Crippen LogP contribution in [0.3, 0.4) is 0 Å². The van der Waals surface area contributed by atoms with E-state index < -0.39 is 0 Å². The van der Waals surface area contributed by atoms with Crippen molar-refractivity contribution < 1.29 is 0 Å². The van der Waals surface area contributed by atoms with Crippen molar-refractivity contribution in [3.8, 4) is 0 Å². The molecule has 0 aliphatic carbocycles. The number of nitrogens with one attached hydrogen (secondary N) is 2. The maximum atomic E-state index is 3.62. The Kier molecular flexibility index (Phi) is 4.55. The van der Waals surface area contributed by atoms with Gasteiger partial charge in [0.2, 0.25) is 0 Å². The van der Waals surface area contributed by atoms with Gasteiger partial charge in [0, 0.05) is 26.9 Å². The molecule has 0 fully saturated rings. The lowest BCUT2D eigenvalue weighted by molar-refractivity contribution is 0.626. The van der Waals surface area contributed by atoms with Crippen LogP contribution in [0.4, 0.5) is 5.69 Å². The standard InChI is InChI=1S/C12H17BrN2S/c1-14-6-2-3-10-8-16-12-5-4-9(13)7-11(12)15-10/h4-5,7,10,14-15H,2-3,6,8H2,1H3. The number of thioether (sulfide) groups is 1. The topological polar surface area (TPSA) is 24.1 Å². The lowest BCUT2D eigenvalue weighted by Gasteiger charge is -2.26. The smallest absolute Gasteiger partial charge is 0.0492 e. The van der Waals surface area contributed by atoms with Crippen LogP contribution in [0.1, 0.15) is 12.8 Å². The van der Waals surface area contributed by atoms with E-state index in [9.17, 15) is 0 Å². The Labute approximate surface area is 110 Å². The Morgan fingerprint density at radius 3 is 3.25 bits per heavy atom. The molecule has 0 saturated heterocycles. The van der Waals surface area contributed by atoms with Gasteiger partial charge in [0.25, 0.3) is 0 Å². The predicted molar refractivity (Wildman–Crippen MR) is 75.4 cm³/mol. The quantitative estimate of drug-likeness (QED) is 0.834. The van der Waals surface area contributed by atoms with E-state index in [4.69, 9.17) is 0 Å². The Morgan fingerprint density at radius 2 is 2.44 bits per heavy atom. The van der Waals surface area contributed by atoms with E-state index in [0.29, 0.717) is 6.04 Å². The lowest BCUT2D eigenvalue weighted by atomic mass is 10.1. The zero-order valence-electron chi connectivity index (χ0n) is 9.42. The zero-order valence-corrected chi connectivity index (χ0v) is 11.8. The largest absolute Gasteiger partial charge is 0.381 e. The Balaban J connectivity index is 1.94. The first-order valence-corrected chi connectivity index (χ1v) is 7.41. The second-order valence-corrected chi connectivity index (χ2v) is 6.02. The molecule has 2 N–H and O–H groups in total. The monoisotopic (exact) mass is 300 g/mol. The summed E-state index contributed by atoms with van der Waals surface area (Å²) in [6.45, 7) is 1.11. The minimum Gasteiger partial charge on any atom is -0.381 e. The van der Waals surface area contributed by atoms with Crippen LogP contribution in [0, 0.1) is 0 Å². The van der Waals surface area contributed by atoms with Gasteiger partial charge in [0.05, 0.1) is 0 Å². The van der Waals surface area contributed by atoms with E-state index in [1.807, 2.05) is 18.8 Å². The van der Waals surface area contributed by atoms with E-state index >= 15 is 0 Å². The summed E-state index contributed by atoms with van der Waals surface area (Å²) in [5.74, 6) is 1.18. The molecule has 0 spiro atoms. The van der Waals surface area contributed by atoms with Crippen LogP contribution in [-0.4, -0.2) is 25.4 Å². The van der Waals surface area contributed by atoms with Crippen LogP contribution in [0.2, 0.25) is 0 Å². The molecule has 2 rings (SSSR count). The molecule has 0 bridgehead atoms. The van der Waals surface area contributed by atoms with Gasteiger partial charge in [-0.1, -0.05) is 15.9 Å². The molecule has 2 nitrogen and oxygen atoms in total. The van der Waals surface area contributed by atoms with E-state index in [0.717, 1.165) is 11.0 Å². The van der Waals surface area contributed by atoms with Gasteiger partial charge in [-0.3, -0.25) is 0 Å². The van der Waals surface area contributed by atoms with E-state index in [-0.39, 0.29) is 0 Å². The van der Waals surface area contributed by atoms with Crippen molar-refractivity contribution in [2.75, 3.05) is 24.7 Å². The minimum absolute atomic E-state index is 0.611. The summed E-state index contributed by atoms with van der Waals surface area (Å²) < 4.78 is 1.15. The SMILES string of the molecule is CNCCCC1CSc2ccc(Br)cc2N1. The maximum absolute atomic E-state index is 3.62. The highest BCUT2D eigenvalue weighted by atomic mass is 79.9. The molecule has 0 radical (unpaired) electrons. The van der Waals surface area contributed by atoms with Crippen molar-refractivity contribution in [2.24, 2.45) is 0 Å². The van der Waals surface area contributed by atoms with Gasteiger partial charge >= 0.3 is 0 Å². The maximum Gasteiger partial charge on any atom is 0.0492 e. The highest BCUT2D eigenvalue weighted by Gasteiger charge is 2.17. The number of fused-ring (bicyclic) bond motifs is 1. The van der Waals surface area contributed by atoms with Crippen LogP contribution in [-0.2, 0) is 0 Å². The summed E-state index contributed by atoms with van der Waals surface area (Å²) in [6.07, 6.45) is 2.47. The summed E-state index contributed by atoms with van der Waals surface area (Å²) in [7, 11) is 2.01. The average molecular weight is 301 g/mol. The van der Waals surface area contributed by atoms with Crippen LogP contribution >= 0.6 is 27.7 Å². The number of benzene rings is 1. The summed E-state index contributed by atoms with van der Waals surface area (Å²) in [5, 5.41) is 6.81. The van der Waals surface area contributed by atoms with Crippen molar-refractivity contribution in [1.82, 2.24) is 5.32 Å². The van der Waals surface area contributed by atoms with Crippen molar-refractivity contribution in [3.05, 3.63) is 22.7 Å². The number of halogens is 1. The van der Waals surface area contributed by atoms with Gasteiger partial charge in [0.15, 0.2) is 0 Å². The van der Waals surface area contributed by atoms with Crippen molar-refractivity contribution >= 4 is 33.4 Å². The molecule has 1 unspecified atom stereocenters. The Hall–Kier alpha value is -0.190. The first-order chi connectivity index (χ1) is 7.79. The lowest BCUT2D eigenvalue weighted by Crippen LogP contribution is -2.26. The average Bonchev–Trinajstić information content (AvgIpc) is 2.29. The van der Waals surface area contributed by atoms with Crippen LogP contribution < -0.4 is 10.6 Å². The highest BCUT2D eigenvalue weighted by molar-refractivity contribution is 9.10. The number of hydrogen-bond acceptors (Lipinski definition) is 3. The normalized spacial score (nSPS) is 19.0. The molecule has 1 aromatic carbocycles. The molecule has 0 amide bonds. The van der Waals surface area contributed by atoms with Crippen LogP contribution in [0.15, 0.2) is 27.6 Å². The third kappa shape index (κ3) is 3.15. The van der Waals surface area contributed by atoms with E-state index in [1.165, 1.54) is 29.2 Å². The van der Waals surface area contributed by atoms with Gasteiger partial charge in [-0.05, 0) is 44.6 Å². The molecule has 1 aromatic rings. The summed E-state index contributed by atoms with van der Waals surface area (Å²) in [4.78, 5) is 1.37. The van der Waals surface area contributed by atoms with Gasteiger partial charge in [0.1, 0.15) is 0 Å². The molecular formula is C12H17BrN2S. The highest BCUT2D eigenvalue weighted by Crippen LogP contribution is 2.35. The molecule has 1 aliphatic rings. The predicted octanol–water partition coefficient (Wildman–Crippen LogP) is 3.33. The molecule has 0 saturated carbocycles. The van der Waals surface area contributed by atoms with Crippen molar-refractivity contribution in [2.45, 2.75) is 23.8 Å². The number of rotatable bonds is 4. The van der Waals surface area contributed by atoms with Crippen molar-refractivity contribution in [1.29, 1.82) is 0 Å². The Morgan fingerprint density at radius 1 is 1.56 bits per heavy atom. The van der Waals surface area contributed by atoms with Gasteiger partial charge in [-0.15, -0.1) is 11.8 Å². The molecule has 0 aromatic heterocycles. The first kappa shape index (κ1) is 12.3. The fourth-order valence-corrected chi connectivity index (χ4v) is 3.30. The second-order valence-electron chi connectivity index (χ2n) is 4.04. The fraction of sp³-hybridized carbons (Fsp3) is 0.500. The molecule has 4 heteroatoms.